The molecule has 10 heteroatoms. The molecule has 0 aliphatic carbocycles. The van der Waals surface area contributed by atoms with Gasteiger partial charge in [-0.05, 0) is 65.2 Å². The van der Waals surface area contributed by atoms with Crippen LogP contribution in [0.2, 0.25) is 5.02 Å². The molecule has 0 atom stereocenters. The van der Waals surface area contributed by atoms with Gasteiger partial charge in [0.1, 0.15) is 5.82 Å². The Hall–Kier alpha value is -1.56. The van der Waals surface area contributed by atoms with Crippen molar-refractivity contribution in [2.75, 3.05) is 10.0 Å². The Bertz CT molecular complexity index is 1160. The smallest absolute Gasteiger partial charge is 0.262 e. The van der Waals surface area contributed by atoms with Gasteiger partial charge < -0.3 is 5.32 Å². The van der Waals surface area contributed by atoms with E-state index in [0.717, 1.165) is 3.57 Å². The van der Waals surface area contributed by atoms with E-state index in [9.17, 15) is 13.2 Å². The van der Waals surface area contributed by atoms with Gasteiger partial charge in [0.2, 0.25) is 0 Å². The Morgan fingerprint density at radius 2 is 1.93 bits per heavy atom. The normalized spacial score (nSPS) is 11.4. The van der Waals surface area contributed by atoms with Gasteiger partial charge in [0.05, 0.1) is 21.3 Å². The van der Waals surface area contributed by atoms with Crippen LogP contribution in [0.25, 0.3) is 0 Å². The predicted molar refractivity (Wildman–Crippen MR) is 119 cm³/mol. The van der Waals surface area contributed by atoms with Gasteiger partial charge in [0.25, 0.3) is 15.6 Å². The number of aromatic nitrogens is 1. The molecule has 2 aromatic heterocycles. The summed E-state index contributed by atoms with van der Waals surface area (Å²) in [6.45, 7) is 1.63. The van der Waals surface area contributed by atoms with Crippen molar-refractivity contribution in [3.63, 3.8) is 0 Å². The second-order valence-corrected chi connectivity index (χ2v) is 9.88. The van der Waals surface area contributed by atoms with Crippen LogP contribution in [0.1, 0.15) is 5.56 Å². The Morgan fingerprint density at radius 1 is 1.19 bits per heavy atom. The van der Waals surface area contributed by atoms with E-state index >= 15 is 0 Å². The highest BCUT2D eigenvalue weighted by Crippen LogP contribution is 2.31. The molecule has 2 N–H and O–H groups in total. The highest BCUT2D eigenvalue weighted by molar-refractivity contribution is 14.1. The fourth-order valence-corrected chi connectivity index (χ4v) is 5.44. The molecule has 3 aromatic rings. The summed E-state index contributed by atoms with van der Waals surface area (Å²) >= 11 is 9.71. The van der Waals surface area contributed by atoms with Gasteiger partial charge in [-0.2, -0.15) is 11.3 Å². The molecular formula is C17H15ClIN3O3S2. The number of hydrogen-bond acceptors (Lipinski definition) is 5. The van der Waals surface area contributed by atoms with Crippen LogP contribution < -0.4 is 15.6 Å². The van der Waals surface area contributed by atoms with Crippen LogP contribution in [0.4, 0.5) is 17.2 Å². The van der Waals surface area contributed by atoms with E-state index in [1.54, 1.807) is 36.9 Å². The van der Waals surface area contributed by atoms with Gasteiger partial charge >= 0.3 is 0 Å². The first kappa shape index (κ1) is 20.2. The Labute approximate surface area is 179 Å². The van der Waals surface area contributed by atoms with Crippen molar-refractivity contribution in [1.29, 1.82) is 0 Å². The van der Waals surface area contributed by atoms with Gasteiger partial charge in [0.15, 0.2) is 0 Å². The zero-order valence-electron chi connectivity index (χ0n) is 14.3. The molecule has 3 rings (SSSR count). The minimum atomic E-state index is -3.78. The fraction of sp³-hybridized carbons (Fsp3) is 0.118. The van der Waals surface area contributed by atoms with E-state index in [2.05, 4.69) is 32.6 Å². The molecule has 27 heavy (non-hydrogen) atoms. The highest BCUT2D eigenvalue weighted by atomic mass is 127. The average molecular weight is 536 g/mol. The maximum absolute atomic E-state index is 12.6. The second-order valence-electron chi connectivity index (χ2n) is 5.77. The summed E-state index contributed by atoms with van der Waals surface area (Å²) in [5.41, 5.74) is 1.000. The van der Waals surface area contributed by atoms with Crippen molar-refractivity contribution >= 4 is 72.7 Å². The molecule has 0 bridgehead atoms. The third kappa shape index (κ3) is 4.31. The number of nitrogens with zero attached hydrogens (tertiary/aromatic N) is 1. The van der Waals surface area contributed by atoms with E-state index in [-0.39, 0.29) is 16.1 Å². The first-order valence-corrected chi connectivity index (χ1v) is 11.5. The monoisotopic (exact) mass is 535 g/mol. The van der Waals surface area contributed by atoms with E-state index in [1.165, 1.54) is 28.0 Å². The summed E-state index contributed by atoms with van der Waals surface area (Å²) in [6.07, 6.45) is 0. The minimum absolute atomic E-state index is 0.164. The van der Waals surface area contributed by atoms with E-state index in [4.69, 9.17) is 11.6 Å². The number of halogens is 2. The van der Waals surface area contributed by atoms with E-state index < -0.39 is 10.0 Å². The third-order valence-corrected chi connectivity index (χ3v) is 7.01. The highest BCUT2D eigenvalue weighted by Gasteiger charge is 2.20. The molecule has 0 saturated carbocycles. The number of rotatable bonds is 5. The van der Waals surface area contributed by atoms with Crippen molar-refractivity contribution in [1.82, 2.24) is 4.57 Å². The zero-order chi connectivity index (χ0) is 19.8. The van der Waals surface area contributed by atoms with Crippen molar-refractivity contribution < 1.29 is 8.42 Å². The van der Waals surface area contributed by atoms with Crippen LogP contribution >= 0.6 is 45.5 Å². The van der Waals surface area contributed by atoms with E-state index in [0.29, 0.717) is 22.1 Å². The fourth-order valence-electron chi connectivity index (χ4n) is 2.45. The van der Waals surface area contributed by atoms with Crippen molar-refractivity contribution in [2.24, 2.45) is 7.05 Å². The molecule has 0 amide bonds. The summed E-state index contributed by atoms with van der Waals surface area (Å²) in [6, 6.07) is 8.42. The Kier molecular flexibility index (Phi) is 5.84. The largest absolute Gasteiger partial charge is 0.339 e. The molecule has 0 spiro atoms. The number of aryl methyl sites for hydroxylation is 1. The SMILES string of the molecule is Cc1cc(NS(=O)(=O)c2ccsc2)c(Nc2ccc(I)cc2Cl)n(C)c1=O. The van der Waals surface area contributed by atoms with Crippen LogP contribution in [0.3, 0.4) is 0 Å². The van der Waals surface area contributed by atoms with Crippen LogP contribution in [0.15, 0.2) is 50.8 Å². The summed E-state index contributed by atoms with van der Waals surface area (Å²) in [7, 11) is -2.21. The lowest BCUT2D eigenvalue weighted by Gasteiger charge is -2.18. The Morgan fingerprint density at radius 3 is 2.56 bits per heavy atom. The number of hydrogen-bond donors (Lipinski definition) is 2. The molecular weight excluding hydrogens is 521 g/mol. The van der Waals surface area contributed by atoms with Gasteiger partial charge in [0, 0.05) is 21.6 Å². The standard InChI is InChI=1S/C17H15ClIN3O3S2/c1-10-7-15(21-27(24,25)12-5-6-26-9-12)16(22(2)17(10)23)20-14-4-3-11(19)8-13(14)18/h3-9,20-21H,1-2H3. The van der Waals surface area contributed by atoms with Crippen molar-refractivity contribution in [2.45, 2.75) is 11.8 Å². The molecule has 0 aliphatic heterocycles. The van der Waals surface area contributed by atoms with Crippen LogP contribution in [-0.2, 0) is 17.1 Å². The summed E-state index contributed by atoms with van der Waals surface area (Å²) < 4.78 is 30.2. The third-order valence-electron chi connectivity index (χ3n) is 3.83. The predicted octanol–water partition coefficient (Wildman–Crippen LogP) is 4.56. The van der Waals surface area contributed by atoms with Gasteiger partial charge in [-0.25, -0.2) is 8.42 Å². The summed E-state index contributed by atoms with van der Waals surface area (Å²) in [5, 5.41) is 6.76. The number of thiophene rings is 1. The zero-order valence-corrected chi connectivity index (χ0v) is 18.8. The first-order chi connectivity index (χ1) is 12.7. The minimum Gasteiger partial charge on any atom is -0.339 e. The number of nitrogens with one attached hydrogen (secondary N) is 2. The maximum atomic E-state index is 12.6. The maximum Gasteiger partial charge on any atom is 0.262 e. The quantitative estimate of drug-likeness (QED) is 0.470. The molecule has 0 aliphatic rings. The number of sulfonamides is 1. The Balaban J connectivity index is 2.10. The summed E-state index contributed by atoms with van der Waals surface area (Å²) in [4.78, 5) is 12.5. The van der Waals surface area contributed by atoms with Crippen molar-refractivity contribution in [3.05, 3.63) is 65.6 Å². The summed E-state index contributed by atoms with van der Waals surface area (Å²) in [5.74, 6) is 0.299. The topological polar surface area (TPSA) is 80.2 Å². The molecule has 2 heterocycles. The molecule has 1 aromatic carbocycles. The molecule has 6 nitrogen and oxygen atoms in total. The number of anilines is 3. The lowest BCUT2D eigenvalue weighted by Crippen LogP contribution is -2.24. The van der Waals surface area contributed by atoms with E-state index in [1.807, 2.05) is 6.07 Å². The second kappa shape index (κ2) is 7.82. The number of benzene rings is 1. The molecule has 0 fully saturated rings. The van der Waals surface area contributed by atoms with Gasteiger partial charge in [-0.3, -0.25) is 14.1 Å². The lowest BCUT2D eigenvalue weighted by atomic mass is 10.2. The van der Waals surface area contributed by atoms with Crippen LogP contribution in [0.5, 0.6) is 0 Å². The molecule has 0 saturated heterocycles. The van der Waals surface area contributed by atoms with Crippen LogP contribution in [-0.4, -0.2) is 13.0 Å². The molecule has 142 valence electrons. The lowest BCUT2D eigenvalue weighted by molar-refractivity contribution is 0.601. The van der Waals surface area contributed by atoms with Crippen molar-refractivity contribution in [3.8, 4) is 0 Å². The number of pyridine rings is 1. The molecule has 0 radical (unpaired) electrons. The average Bonchev–Trinajstić information content (AvgIpc) is 3.13. The van der Waals surface area contributed by atoms with Crippen LogP contribution in [0, 0.1) is 10.5 Å². The molecule has 0 unspecified atom stereocenters. The van der Waals surface area contributed by atoms with Gasteiger partial charge in [-0.15, -0.1) is 0 Å². The first-order valence-electron chi connectivity index (χ1n) is 7.67. The van der Waals surface area contributed by atoms with Gasteiger partial charge in [-0.1, -0.05) is 11.6 Å².